The predicted molar refractivity (Wildman–Crippen MR) is 129 cm³/mol. The predicted octanol–water partition coefficient (Wildman–Crippen LogP) is 3.53. The largest absolute Gasteiger partial charge is 0.487 e. The number of benzene rings is 2. The lowest BCUT2D eigenvalue weighted by Crippen LogP contribution is -2.40. The van der Waals surface area contributed by atoms with E-state index in [1.807, 2.05) is 35.9 Å². The van der Waals surface area contributed by atoms with Gasteiger partial charge in [0.1, 0.15) is 23.5 Å². The Bertz CT molecular complexity index is 1480. The molecule has 4 amide bonds. The molecule has 1 atom stereocenters. The van der Waals surface area contributed by atoms with Gasteiger partial charge < -0.3 is 19.8 Å². The van der Waals surface area contributed by atoms with Gasteiger partial charge >= 0.3 is 6.03 Å². The number of imidazole rings is 1. The number of pyridine rings is 1. The van der Waals surface area contributed by atoms with Crippen molar-refractivity contribution in [1.29, 1.82) is 0 Å². The number of nitrogens with zero attached hydrogens (tertiary/aromatic N) is 2. The zero-order valence-electron chi connectivity index (χ0n) is 19.2. The number of urea groups is 1. The van der Waals surface area contributed by atoms with Crippen molar-refractivity contribution in [1.82, 2.24) is 20.0 Å². The molecule has 0 radical (unpaired) electrons. The second-order valence-corrected chi connectivity index (χ2v) is 8.59. The summed E-state index contributed by atoms with van der Waals surface area (Å²) in [5.41, 5.74) is 3.01. The first kappa shape index (κ1) is 22.1. The van der Waals surface area contributed by atoms with Crippen LogP contribution in [0.4, 0.5) is 10.5 Å². The Balaban J connectivity index is 1.27. The van der Waals surface area contributed by atoms with Gasteiger partial charge in [-0.2, -0.15) is 0 Å². The third-order valence-electron chi connectivity index (χ3n) is 5.87. The normalized spacial score (nSPS) is 17.2. The molecule has 1 fully saturated rings. The molecule has 9 heteroatoms. The van der Waals surface area contributed by atoms with Gasteiger partial charge in [-0.3, -0.25) is 14.9 Å². The van der Waals surface area contributed by atoms with Crippen LogP contribution in [-0.2, 0) is 16.9 Å². The minimum atomic E-state index is -1.21. The number of amides is 4. The number of carbonyl (C=O) groups is 3. The molecule has 3 N–H and O–H groups in total. The lowest BCUT2D eigenvalue weighted by atomic mass is 9.92. The maximum absolute atomic E-state index is 12.9. The Morgan fingerprint density at radius 1 is 1.09 bits per heavy atom. The van der Waals surface area contributed by atoms with Crippen LogP contribution < -0.4 is 20.7 Å². The zero-order chi connectivity index (χ0) is 24.6. The molecule has 2 aromatic heterocycles. The number of fused-ring (bicyclic) bond motifs is 1. The monoisotopic (exact) mass is 469 g/mol. The van der Waals surface area contributed by atoms with Crippen molar-refractivity contribution in [2.75, 3.05) is 5.32 Å². The Morgan fingerprint density at radius 3 is 2.71 bits per heavy atom. The lowest BCUT2D eigenvalue weighted by Gasteiger charge is -2.21. The summed E-state index contributed by atoms with van der Waals surface area (Å²) in [6.45, 7) is 3.89. The molecule has 1 saturated heterocycles. The number of anilines is 1. The van der Waals surface area contributed by atoms with Crippen LogP contribution in [-0.4, -0.2) is 27.2 Å². The number of rotatable bonds is 6. The molecule has 1 aliphatic heterocycles. The van der Waals surface area contributed by atoms with E-state index in [2.05, 4.69) is 20.9 Å². The highest BCUT2D eigenvalue weighted by molar-refractivity contribution is 6.08. The highest BCUT2D eigenvalue weighted by atomic mass is 16.5. The van der Waals surface area contributed by atoms with E-state index in [0.717, 1.165) is 16.9 Å². The molecule has 4 aromatic rings. The van der Waals surface area contributed by atoms with Gasteiger partial charge in [0.2, 0.25) is 0 Å². The van der Waals surface area contributed by atoms with Crippen LogP contribution in [0.2, 0.25) is 0 Å². The van der Waals surface area contributed by atoms with E-state index in [-0.39, 0.29) is 12.5 Å². The van der Waals surface area contributed by atoms with Gasteiger partial charge in [-0.1, -0.05) is 24.3 Å². The summed E-state index contributed by atoms with van der Waals surface area (Å²) in [6.07, 6.45) is 3.92. The van der Waals surface area contributed by atoms with Gasteiger partial charge in [0, 0.05) is 23.6 Å². The molecule has 1 aliphatic rings. The standard InChI is InChI=1S/C26H23N5O4/c1-16-9-10-22-27-20(14-31(22)13-16)15-35-21-8-3-5-17(11-21)23(32)28-19-7-4-6-18(12-19)26(2)24(33)29-25(34)30-26/h3-14H,15H2,1-2H3,(H,28,32)(H2,29,30,33,34). The molecule has 0 spiro atoms. The molecule has 35 heavy (non-hydrogen) atoms. The van der Waals surface area contributed by atoms with Crippen LogP contribution in [0.3, 0.4) is 0 Å². The van der Waals surface area contributed by atoms with Gasteiger partial charge in [-0.15, -0.1) is 0 Å². The number of nitrogens with one attached hydrogen (secondary N) is 3. The first-order chi connectivity index (χ1) is 16.8. The average molecular weight is 470 g/mol. The second-order valence-electron chi connectivity index (χ2n) is 8.59. The number of hydrogen-bond donors (Lipinski definition) is 3. The van der Waals surface area contributed by atoms with Gasteiger partial charge in [0.15, 0.2) is 0 Å². The first-order valence-electron chi connectivity index (χ1n) is 11.0. The average Bonchev–Trinajstić information content (AvgIpc) is 3.36. The summed E-state index contributed by atoms with van der Waals surface area (Å²) in [5.74, 6) is -0.241. The van der Waals surface area contributed by atoms with E-state index in [4.69, 9.17) is 4.74 Å². The molecule has 0 saturated carbocycles. The van der Waals surface area contributed by atoms with Gasteiger partial charge in [-0.25, -0.2) is 9.78 Å². The smallest absolute Gasteiger partial charge is 0.322 e. The summed E-state index contributed by atoms with van der Waals surface area (Å²) >= 11 is 0. The minimum absolute atomic E-state index is 0.264. The summed E-state index contributed by atoms with van der Waals surface area (Å²) in [4.78, 5) is 41.3. The zero-order valence-corrected chi connectivity index (χ0v) is 19.2. The lowest BCUT2D eigenvalue weighted by molar-refractivity contribution is -0.123. The van der Waals surface area contributed by atoms with Crippen LogP contribution in [0.25, 0.3) is 5.65 Å². The Kier molecular flexibility index (Phi) is 5.44. The number of aromatic nitrogens is 2. The quantitative estimate of drug-likeness (QED) is 0.374. The van der Waals surface area contributed by atoms with Crippen molar-refractivity contribution < 1.29 is 19.1 Å². The van der Waals surface area contributed by atoms with Crippen molar-refractivity contribution in [3.63, 3.8) is 0 Å². The molecule has 1 unspecified atom stereocenters. The number of hydrogen-bond acceptors (Lipinski definition) is 5. The summed E-state index contributed by atoms with van der Waals surface area (Å²) in [7, 11) is 0. The molecule has 2 aromatic carbocycles. The third-order valence-corrected chi connectivity index (χ3v) is 5.87. The van der Waals surface area contributed by atoms with Crippen LogP contribution in [0.1, 0.15) is 34.1 Å². The highest BCUT2D eigenvalue weighted by Crippen LogP contribution is 2.27. The number of imide groups is 1. The fourth-order valence-corrected chi connectivity index (χ4v) is 3.97. The fraction of sp³-hybridized carbons (Fsp3) is 0.154. The Hall–Kier alpha value is -4.66. The molecule has 3 heterocycles. The molecule has 5 rings (SSSR count). The maximum Gasteiger partial charge on any atom is 0.322 e. The fourth-order valence-electron chi connectivity index (χ4n) is 3.97. The van der Waals surface area contributed by atoms with E-state index in [0.29, 0.717) is 22.6 Å². The molecule has 176 valence electrons. The first-order valence-corrected chi connectivity index (χ1v) is 11.0. The summed E-state index contributed by atoms with van der Waals surface area (Å²) < 4.78 is 7.83. The second kappa shape index (κ2) is 8.60. The Labute approximate surface area is 201 Å². The van der Waals surface area contributed by atoms with E-state index in [9.17, 15) is 14.4 Å². The van der Waals surface area contributed by atoms with E-state index in [1.54, 1.807) is 55.5 Å². The molecular formula is C26H23N5O4. The minimum Gasteiger partial charge on any atom is -0.487 e. The van der Waals surface area contributed by atoms with Crippen molar-refractivity contribution in [3.05, 3.63) is 95.4 Å². The van der Waals surface area contributed by atoms with E-state index >= 15 is 0 Å². The SMILES string of the molecule is Cc1ccc2nc(COc3cccc(C(=O)Nc4cccc(C5(C)NC(=O)NC5=O)c4)c3)cn2c1. The summed E-state index contributed by atoms with van der Waals surface area (Å²) in [5, 5.41) is 7.69. The number of carbonyl (C=O) groups excluding carboxylic acids is 3. The topological polar surface area (TPSA) is 114 Å². The molecule has 0 bridgehead atoms. The Morgan fingerprint density at radius 2 is 1.91 bits per heavy atom. The van der Waals surface area contributed by atoms with Crippen LogP contribution in [0.15, 0.2) is 73.1 Å². The van der Waals surface area contributed by atoms with Crippen molar-refractivity contribution in [3.8, 4) is 5.75 Å². The molecular weight excluding hydrogens is 446 g/mol. The maximum atomic E-state index is 12.9. The highest BCUT2D eigenvalue weighted by Gasteiger charge is 2.43. The van der Waals surface area contributed by atoms with Crippen molar-refractivity contribution in [2.45, 2.75) is 26.0 Å². The molecule has 0 aliphatic carbocycles. The van der Waals surface area contributed by atoms with Gasteiger partial charge in [-0.05, 0) is 61.4 Å². The van der Waals surface area contributed by atoms with Gasteiger partial charge in [0.05, 0.1) is 5.69 Å². The number of aryl methyl sites for hydroxylation is 1. The van der Waals surface area contributed by atoms with Crippen molar-refractivity contribution in [2.24, 2.45) is 0 Å². The van der Waals surface area contributed by atoms with Crippen molar-refractivity contribution >= 4 is 29.2 Å². The molecule has 9 nitrogen and oxygen atoms in total. The van der Waals surface area contributed by atoms with E-state index in [1.165, 1.54) is 0 Å². The number of ether oxygens (including phenoxy) is 1. The van der Waals surface area contributed by atoms with Crippen LogP contribution >= 0.6 is 0 Å². The van der Waals surface area contributed by atoms with Gasteiger partial charge in [0.25, 0.3) is 11.8 Å². The van der Waals surface area contributed by atoms with Crippen LogP contribution in [0, 0.1) is 6.92 Å². The third kappa shape index (κ3) is 4.43. The van der Waals surface area contributed by atoms with E-state index < -0.39 is 17.5 Å². The summed E-state index contributed by atoms with van der Waals surface area (Å²) in [6, 6.07) is 17.1. The van der Waals surface area contributed by atoms with Crippen LogP contribution in [0.5, 0.6) is 5.75 Å².